The van der Waals surface area contributed by atoms with Crippen molar-refractivity contribution in [2.45, 2.75) is 37.1 Å². The Morgan fingerprint density at radius 1 is 1.42 bits per heavy atom. The highest BCUT2D eigenvalue weighted by Gasteiger charge is 2.35. The summed E-state index contributed by atoms with van der Waals surface area (Å²) >= 11 is 6.06. The van der Waals surface area contributed by atoms with Crippen molar-refractivity contribution < 1.29 is 13.5 Å². The molecule has 4 nitrogen and oxygen atoms in total. The molecule has 0 atom stereocenters. The van der Waals surface area contributed by atoms with Gasteiger partial charge >= 0.3 is 0 Å². The number of hydrogen-bond acceptors (Lipinski definition) is 3. The lowest BCUT2D eigenvalue weighted by Gasteiger charge is -2.36. The Morgan fingerprint density at radius 2 is 2.11 bits per heavy atom. The summed E-state index contributed by atoms with van der Waals surface area (Å²) in [6, 6.07) is 4.91. The Kier molecular flexibility index (Phi) is 4.50. The molecular weight excluding hydrogens is 286 g/mol. The molecule has 0 spiro atoms. The van der Waals surface area contributed by atoms with Crippen LogP contribution in [0.25, 0.3) is 0 Å². The van der Waals surface area contributed by atoms with E-state index in [1.165, 1.54) is 10.4 Å². The molecule has 0 saturated heterocycles. The van der Waals surface area contributed by atoms with Crippen LogP contribution < -0.4 is 0 Å². The lowest BCUT2D eigenvalue weighted by Crippen LogP contribution is -2.45. The number of aliphatic hydroxyl groups is 1. The zero-order valence-electron chi connectivity index (χ0n) is 10.8. The van der Waals surface area contributed by atoms with Gasteiger partial charge in [0.05, 0.1) is 11.6 Å². The van der Waals surface area contributed by atoms with Crippen LogP contribution in [0.1, 0.15) is 24.8 Å². The van der Waals surface area contributed by atoms with Crippen molar-refractivity contribution in [3.63, 3.8) is 0 Å². The zero-order chi connectivity index (χ0) is 14.0. The molecule has 0 aromatic heterocycles. The number of rotatable bonds is 5. The second-order valence-electron chi connectivity index (χ2n) is 4.86. The second-order valence-corrected chi connectivity index (χ2v) is 7.12. The summed E-state index contributed by atoms with van der Waals surface area (Å²) in [4.78, 5) is 0.125. The van der Waals surface area contributed by atoms with Gasteiger partial charge in [-0.15, -0.1) is 0 Å². The zero-order valence-corrected chi connectivity index (χ0v) is 12.4. The molecule has 1 aliphatic rings. The second kappa shape index (κ2) is 5.79. The Balaban J connectivity index is 2.38. The molecule has 0 aliphatic heterocycles. The lowest BCUT2D eigenvalue weighted by molar-refractivity contribution is 0.178. The van der Waals surface area contributed by atoms with Crippen molar-refractivity contribution in [1.29, 1.82) is 0 Å². The van der Waals surface area contributed by atoms with Gasteiger partial charge in [0.1, 0.15) is 4.90 Å². The van der Waals surface area contributed by atoms with E-state index in [0.717, 1.165) is 24.8 Å². The summed E-state index contributed by atoms with van der Waals surface area (Å²) in [7, 11) is -3.63. The largest absolute Gasteiger partial charge is 0.395 e. The van der Waals surface area contributed by atoms with E-state index >= 15 is 0 Å². The molecule has 19 heavy (non-hydrogen) atoms. The highest BCUT2D eigenvalue weighted by molar-refractivity contribution is 7.89. The average molecular weight is 304 g/mol. The van der Waals surface area contributed by atoms with Crippen LogP contribution >= 0.6 is 11.6 Å². The van der Waals surface area contributed by atoms with Crippen LogP contribution in [0.5, 0.6) is 0 Å². The minimum absolute atomic E-state index is 0.00507. The number of halogens is 1. The molecule has 0 unspecified atom stereocenters. The van der Waals surface area contributed by atoms with Crippen LogP contribution in [-0.4, -0.2) is 37.0 Å². The van der Waals surface area contributed by atoms with E-state index in [2.05, 4.69) is 0 Å². The molecule has 6 heteroatoms. The normalized spacial score (nSPS) is 16.6. The number of benzene rings is 1. The van der Waals surface area contributed by atoms with Gasteiger partial charge < -0.3 is 5.11 Å². The highest BCUT2D eigenvalue weighted by Crippen LogP contribution is 2.32. The lowest BCUT2D eigenvalue weighted by atomic mass is 9.93. The summed E-state index contributed by atoms with van der Waals surface area (Å²) in [5.74, 6) is 0. The van der Waals surface area contributed by atoms with Crippen LogP contribution in [0.4, 0.5) is 0 Å². The topological polar surface area (TPSA) is 57.6 Å². The molecule has 1 aromatic rings. The minimum atomic E-state index is -3.63. The van der Waals surface area contributed by atoms with E-state index in [1.807, 2.05) is 6.92 Å². The van der Waals surface area contributed by atoms with Crippen molar-refractivity contribution in [3.05, 3.63) is 28.8 Å². The first-order valence-corrected chi connectivity index (χ1v) is 8.17. The predicted molar refractivity (Wildman–Crippen MR) is 74.8 cm³/mol. The van der Waals surface area contributed by atoms with Crippen LogP contribution in [0.3, 0.4) is 0 Å². The summed E-state index contributed by atoms with van der Waals surface area (Å²) < 4.78 is 26.6. The number of hydrogen-bond donors (Lipinski definition) is 1. The molecule has 106 valence electrons. The quantitative estimate of drug-likeness (QED) is 0.907. The van der Waals surface area contributed by atoms with Crippen LogP contribution in [0.15, 0.2) is 23.1 Å². The van der Waals surface area contributed by atoms with E-state index in [9.17, 15) is 8.42 Å². The molecular formula is C13H18ClNO3S. The minimum Gasteiger partial charge on any atom is -0.395 e. The van der Waals surface area contributed by atoms with Gasteiger partial charge in [0.15, 0.2) is 0 Å². The summed E-state index contributed by atoms with van der Waals surface area (Å²) in [6.45, 7) is 1.80. The van der Waals surface area contributed by atoms with Gasteiger partial charge in [0.25, 0.3) is 0 Å². The van der Waals surface area contributed by atoms with Crippen molar-refractivity contribution in [3.8, 4) is 0 Å². The van der Waals surface area contributed by atoms with Crippen LogP contribution in [-0.2, 0) is 10.0 Å². The molecule has 0 bridgehead atoms. The van der Waals surface area contributed by atoms with E-state index in [1.54, 1.807) is 12.1 Å². The molecule has 1 N–H and O–H groups in total. The van der Waals surface area contributed by atoms with Gasteiger partial charge in [-0.05, 0) is 37.5 Å². The van der Waals surface area contributed by atoms with Crippen LogP contribution in [0.2, 0.25) is 5.02 Å². The van der Waals surface area contributed by atoms with Gasteiger partial charge in [0.2, 0.25) is 10.0 Å². The number of aliphatic hydroxyl groups excluding tert-OH is 1. The third kappa shape index (κ3) is 2.94. The van der Waals surface area contributed by atoms with Gasteiger partial charge in [0, 0.05) is 12.6 Å². The van der Waals surface area contributed by atoms with E-state index in [4.69, 9.17) is 16.7 Å². The fourth-order valence-electron chi connectivity index (χ4n) is 2.21. The van der Waals surface area contributed by atoms with Crippen LogP contribution in [0, 0.1) is 6.92 Å². The average Bonchev–Trinajstić information content (AvgIpc) is 2.25. The monoisotopic (exact) mass is 303 g/mol. The molecule has 1 aromatic carbocycles. The van der Waals surface area contributed by atoms with E-state index in [-0.39, 0.29) is 29.1 Å². The first-order chi connectivity index (χ1) is 8.96. The Bertz CT molecular complexity index is 555. The molecule has 0 amide bonds. The summed E-state index contributed by atoms with van der Waals surface area (Å²) in [5.41, 5.74) is 0.918. The Hall–Kier alpha value is -0.620. The Labute approximate surface area is 119 Å². The SMILES string of the molecule is Cc1ccc(S(=O)(=O)N(CCO)C2CCC2)c(Cl)c1. The fourth-order valence-corrected chi connectivity index (χ4v) is 4.46. The molecule has 1 aliphatic carbocycles. The fraction of sp³-hybridized carbons (Fsp3) is 0.538. The highest BCUT2D eigenvalue weighted by atomic mass is 35.5. The molecule has 0 heterocycles. The van der Waals surface area contributed by atoms with E-state index < -0.39 is 10.0 Å². The first kappa shape index (κ1) is 14.8. The molecule has 0 radical (unpaired) electrons. The molecule has 2 rings (SSSR count). The number of aryl methyl sites for hydroxylation is 1. The maximum Gasteiger partial charge on any atom is 0.244 e. The van der Waals surface area contributed by atoms with Crippen molar-refractivity contribution in [1.82, 2.24) is 4.31 Å². The van der Waals surface area contributed by atoms with E-state index in [0.29, 0.717) is 0 Å². The maximum atomic E-state index is 12.6. The smallest absolute Gasteiger partial charge is 0.244 e. The van der Waals surface area contributed by atoms with Gasteiger partial charge in [-0.1, -0.05) is 24.1 Å². The third-order valence-corrected chi connectivity index (χ3v) is 5.91. The number of nitrogens with zero attached hydrogens (tertiary/aromatic N) is 1. The van der Waals surface area contributed by atoms with Crippen molar-refractivity contribution in [2.24, 2.45) is 0 Å². The van der Waals surface area contributed by atoms with Gasteiger partial charge in [-0.25, -0.2) is 8.42 Å². The molecule has 1 fully saturated rings. The maximum absolute atomic E-state index is 12.6. The summed E-state index contributed by atoms with van der Waals surface area (Å²) in [5, 5.41) is 9.33. The third-order valence-electron chi connectivity index (χ3n) is 3.48. The molecule has 1 saturated carbocycles. The number of sulfonamides is 1. The van der Waals surface area contributed by atoms with Crippen molar-refractivity contribution in [2.75, 3.05) is 13.2 Å². The van der Waals surface area contributed by atoms with Crippen molar-refractivity contribution >= 4 is 21.6 Å². The van der Waals surface area contributed by atoms with Gasteiger partial charge in [-0.2, -0.15) is 4.31 Å². The Morgan fingerprint density at radius 3 is 2.58 bits per heavy atom. The standard InChI is InChI=1S/C13H18ClNO3S/c1-10-5-6-13(12(14)9-10)19(17,18)15(7-8-16)11-3-2-4-11/h5-6,9,11,16H,2-4,7-8H2,1H3. The first-order valence-electron chi connectivity index (χ1n) is 6.35. The predicted octanol–water partition coefficient (Wildman–Crippen LogP) is 2.18. The summed E-state index contributed by atoms with van der Waals surface area (Å²) in [6.07, 6.45) is 2.73. The van der Waals surface area contributed by atoms with Gasteiger partial charge in [-0.3, -0.25) is 0 Å².